The third-order valence-electron chi connectivity index (χ3n) is 3.85. The Hall–Kier alpha value is -1.73. The summed E-state index contributed by atoms with van der Waals surface area (Å²) in [5, 5.41) is 0. The number of para-hydroxylation sites is 1. The second-order valence-electron chi connectivity index (χ2n) is 6.82. The lowest BCUT2D eigenvalue weighted by molar-refractivity contribution is -0.142. The lowest BCUT2D eigenvalue weighted by Gasteiger charge is -2.29. The van der Waals surface area contributed by atoms with Crippen molar-refractivity contribution in [3.05, 3.63) is 29.8 Å². The summed E-state index contributed by atoms with van der Waals surface area (Å²) in [6.45, 7) is 9.01. The van der Waals surface area contributed by atoms with Crippen LogP contribution in [0.25, 0.3) is 0 Å². The van der Waals surface area contributed by atoms with Gasteiger partial charge in [0.1, 0.15) is 12.1 Å². The quantitative estimate of drug-likeness (QED) is 0.821. The molecule has 0 saturated carbocycles. The van der Waals surface area contributed by atoms with E-state index in [1.165, 1.54) is 4.90 Å². The van der Waals surface area contributed by atoms with E-state index in [1.807, 2.05) is 32.9 Å². The Morgan fingerprint density at radius 2 is 1.96 bits per heavy atom. The van der Waals surface area contributed by atoms with Crippen molar-refractivity contribution < 1.29 is 18.5 Å². The molecule has 1 aromatic rings. The van der Waals surface area contributed by atoms with Crippen LogP contribution in [0, 0.1) is 0 Å². The van der Waals surface area contributed by atoms with Gasteiger partial charge in [0.2, 0.25) is 0 Å². The summed E-state index contributed by atoms with van der Waals surface area (Å²) in [6.07, 6.45) is 0. The molecular weight excluding hydrogens is 328 g/mol. The van der Waals surface area contributed by atoms with Crippen molar-refractivity contribution >= 4 is 28.5 Å². The van der Waals surface area contributed by atoms with Crippen molar-refractivity contribution in [3.63, 3.8) is 0 Å². The van der Waals surface area contributed by atoms with Crippen molar-refractivity contribution in [1.29, 1.82) is 0 Å². The fourth-order valence-corrected chi connectivity index (χ4v) is 3.43. The highest BCUT2D eigenvalue weighted by molar-refractivity contribution is 7.84. The lowest BCUT2D eigenvalue weighted by Crippen LogP contribution is -2.52. The van der Waals surface area contributed by atoms with E-state index in [0.29, 0.717) is 11.3 Å². The predicted octanol–water partition coefficient (Wildman–Crippen LogP) is 1.86. The molecule has 0 spiro atoms. The van der Waals surface area contributed by atoms with Crippen LogP contribution >= 0.6 is 0 Å². The van der Waals surface area contributed by atoms with Gasteiger partial charge >= 0.3 is 5.97 Å². The molecule has 2 rings (SSSR count). The molecular formula is C17H24N2O4S. The zero-order valence-corrected chi connectivity index (χ0v) is 15.5. The highest BCUT2D eigenvalue weighted by Crippen LogP contribution is 2.40. The maximum absolute atomic E-state index is 13.0. The van der Waals surface area contributed by atoms with Crippen LogP contribution in [-0.2, 0) is 30.9 Å². The minimum Gasteiger partial charge on any atom is -0.465 e. The number of fused-ring (bicyclic) bond motifs is 1. The molecule has 0 radical (unpaired) electrons. The lowest BCUT2D eigenvalue weighted by atomic mass is 9.95. The molecule has 0 aromatic heterocycles. The number of ether oxygens (including phenoxy) is 1. The van der Waals surface area contributed by atoms with E-state index in [1.54, 1.807) is 26.0 Å². The van der Waals surface area contributed by atoms with Crippen molar-refractivity contribution in [3.8, 4) is 0 Å². The van der Waals surface area contributed by atoms with Crippen LogP contribution in [0.1, 0.15) is 40.2 Å². The second-order valence-corrected chi connectivity index (χ2v) is 8.79. The highest BCUT2D eigenvalue weighted by Gasteiger charge is 2.49. The van der Waals surface area contributed by atoms with Gasteiger partial charge in [0.05, 0.1) is 22.3 Å². The first-order valence-corrected chi connectivity index (χ1v) is 9.03. The average Bonchev–Trinajstić information content (AvgIpc) is 2.69. The van der Waals surface area contributed by atoms with Crippen molar-refractivity contribution in [1.82, 2.24) is 4.72 Å². The van der Waals surface area contributed by atoms with Gasteiger partial charge in [-0.15, -0.1) is 0 Å². The molecule has 0 aliphatic carbocycles. The van der Waals surface area contributed by atoms with Crippen LogP contribution < -0.4 is 9.62 Å². The Kier molecular flexibility index (Phi) is 5.15. The number of rotatable bonds is 5. The Morgan fingerprint density at radius 1 is 1.33 bits per heavy atom. The molecule has 6 nitrogen and oxygen atoms in total. The molecule has 1 aliphatic rings. The topological polar surface area (TPSA) is 75.7 Å². The van der Waals surface area contributed by atoms with E-state index in [9.17, 15) is 13.8 Å². The molecule has 1 heterocycles. The summed E-state index contributed by atoms with van der Waals surface area (Å²) < 4.78 is 20.0. The maximum atomic E-state index is 13.0. The number of carbonyl (C=O) groups is 2. The van der Waals surface area contributed by atoms with Gasteiger partial charge in [-0.1, -0.05) is 18.2 Å². The van der Waals surface area contributed by atoms with Crippen LogP contribution in [0.15, 0.2) is 24.3 Å². The number of amides is 1. The van der Waals surface area contributed by atoms with E-state index >= 15 is 0 Å². The van der Waals surface area contributed by atoms with Crippen molar-refractivity contribution in [2.75, 3.05) is 18.1 Å². The van der Waals surface area contributed by atoms with Crippen LogP contribution in [0.4, 0.5) is 5.69 Å². The number of esters is 1. The first kappa shape index (κ1) is 18.6. The summed E-state index contributed by atoms with van der Waals surface area (Å²) in [5.74, 6) is -0.781. The molecule has 0 bridgehead atoms. The third kappa shape index (κ3) is 3.37. The second kappa shape index (κ2) is 6.64. The van der Waals surface area contributed by atoms with Crippen LogP contribution in [0.2, 0.25) is 0 Å². The Labute approximate surface area is 145 Å². The van der Waals surface area contributed by atoms with Gasteiger partial charge in [0.25, 0.3) is 5.91 Å². The van der Waals surface area contributed by atoms with Gasteiger partial charge < -0.3 is 4.74 Å². The molecule has 0 fully saturated rings. The molecule has 24 heavy (non-hydrogen) atoms. The highest BCUT2D eigenvalue weighted by atomic mass is 32.2. The number of carbonyl (C=O) groups excluding carboxylic acids is 2. The monoisotopic (exact) mass is 352 g/mol. The zero-order valence-electron chi connectivity index (χ0n) is 14.7. The molecule has 1 N–H and O–H groups in total. The summed E-state index contributed by atoms with van der Waals surface area (Å²) in [7, 11) is -1.44. The third-order valence-corrected chi connectivity index (χ3v) is 5.56. The molecule has 1 unspecified atom stereocenters. The van der Waals surface area contributed by atoms with Gasteiger partial charge in [-0.2, -0.15) is 0 Å². The SMILES string of the molecule is CCOC(=O)CN1C(=O)[C@](C)(NS(=O)C(C)(C)C)c2ccccc21. The summed E-state index contributed by atoms with van der Waals surface area (Å²) in [4.78, 5) is 26.2. The molecule has 7 heteroatoms. The van der Waals surface area contributed by atoms with Crippen molar-refractivity contribution in [2.24, 2.45) is 0 Å². The van der Waals surface area contributed by atoms with Gasteiger partial charge in [0.15, 0.2) is 0 Å². The smallest absolute Gasteiger partial charge is 0.326 e. The molecule has 1 aliphatic heterocycles. The maximum Gasteiger partial charge on any atom is 0.326 e. The largest absolute Gasteiger partial charge is 0.465 e. The standard InChI is InChI=1S/C17H24N2O4S/c1-6-23-14(20)11-19-13-10-8-7-9-12(13)17(5,15(19)21)18-24(22)16(2,3)4/h7-10,18H,6,11H2,1-5H3/t17-,24?/m1/s1. The Morgan fingerprint density at radius 3 is 2.54 bits per heavy atom. The number of hydrogen-bond donors (Lipinski definition) is 1. The minimum atomic E-state index is -1.44. The summed E-state index contributed by atoms with van der Waals surface area (Å²) in [6, 6.07) is 7.21. The number of nitrogens with one attached hydrogen (secondary N) is 1. The number of hydrogen-bond acceptors (Lipinski definition) is 4. The van der Waals surface area contributed by atoms with Gasteiger partial charge in [-0.25, -0.2) is 8.93 Å². The number of benzene rings is 1. The van der Waals surface area contributed by atoms with Crippen molar-refractivity contribution in [2.45, 2.75) is 44.9 Å². The van der Waals surface area contributed by atoms with Crippen LogP contribution in [0.3, 0.4) is 0 Å². The van der Waals surface area contributed by atoms with E-state index < -0.39 is 27.2 Å². The predicted molar refractivity (Wildman–Crippen MR) is 93.8 cm³/mol. The fourth-order valence-electron chi connectivity index (χ4n) is 2.56. The average molecular weight is 352 g/mol. The molecule has 0 saturated heterocycles. The van der Waals surface area contributed by atoms with E-state index in [4.69, 9.17) is 4.74 Å². The molecule has 1 aromatic carbocycles. The van der Waals surface area contributed by atoms with Gasteiger partial charge in [-0.3, -0.25) is 14.5 Å². The van der Waals surface area contributed by atoms with Crippen LogP contribution in [-0.4, -0.2) is 34.0 Å². The normalized spacial score (nSPS) is 21.5. The summed E-state index contributed by atoms with van der Waals surface area (Å²) >= 11 is 0. The first-order chi connectivity index (χ1) is 11.1. The molecule has 2 atom stereocenters. The first-order valence-electron chi connectivity index (χ1n) is 7.88. The number of anilines is 1. The van der Waals surface area contributed by atoms with Gasteiger partial charge in [-0.05, 0) is 40.7 Å². The molecule has 132 valence electrons. The minimum absolute atomic E-state index is 0.164. The van der Waals surface area contributed by atoms with Gasteiger partial charge in [0, 0.05) is 11.3 Å². The van der Waals surface area contributed by atoms with E-state index in [0.717, 1.165) is 0 Å². The Balaban J connectivity index is 2.39. The molecule has 1 amide bonds. The Bertz CT molecular complexity index is 683. The fraction of sp³-hybridized carbons (Fsp3) is 0.529. The van der Waals surface area contributed by atoms with Crippen LogP contribution in [0.5, 0.6) is 0 Å². The number of nitrogens with zero attached hydrogens (tertiary/aromatic N) is 1. The summed E-state index contributed by atoms with van der Waals surface area (Å²) in [5.41, 5.74) is 0.190. The zero-order chi connectivity index (χ0) is 18.1. The van der Waals surface area contributed by atoms with E-state index in [-0.39, 0.29) is 19.1 Å². The van der Waals surface area contributed by atoms with E-state index in [2.05, 4.69) is 4.72 Å².